The second kappa shape index (κ2) is 10.4. The number of rotatable bonds is 4. The zero-order chi connectivity index (χ0) is 15.4. The highest BCUT2D eigenvalue weighted by molar-refractivity contribution is 5.85. The molecule has 0 radical (unpaired) electrons. The van der Waals surface area contributed by atoms with Crippen molar-refractivity contribution in [3.8, 4) is 5.75 Å². The van der Waals surface area contributed by atoms with Crippen molar-refractivity contribution < 1.29 is 9.13 Å². The maximum absolute atomic E-state index is 14.2. The number of hydrogen-bond acceptors (Lipinski definition) is 3. The largest absolute Gasteiger partial charge is 0.494 e. The Morgan fingerprint density at radius 3 is 2.38 bits per heavy atom. The summed E-state index contributed by atoms with van der Waals surface area (Å²) in [7, 11) is 1.52. The van der Waals surface area contributed by atoms with E-state index in [9.17, 15) is 4.39 Å². The van der Waals surface area contributed by atoms with Crippen LogP contribution in [-0.2, 0) is 0 Å². The minimum absolute atomic E-state index is 0. The van der Waals surface area contributed by atoms with Gasteiger partial charge in [0.05, 0.1) is 7.11 Å². The van der Waals surface area contributed by atoms with E-state index in [1.54, 1.807) is 12.1 Å². The van der Waals surface area contributed by atoms with Gasteiger partial charge in [-0.25, -0.2) is 4.39 Å². The highest BCUT2D eigenvalue weighted by Gasteiger charge is 2.31. The molecule has 0 bridgehead atoms. The van der Waals surface area contributed by atoms with Gasteiger partial charge < -0.3 is 10.1 Å². The number of nitrogens with one attached hydrogen (secondary N) is 1. The Balaban J connectivity index is 0.00000144. The summed E-state index contributed by atoms with van der Waals surface area (Å²) < 4.78 is 19.3. The third kappa shape index (κ3) is 4.98. The molecule has 1 heterocycles. The summed E-state index contributed by atoms with van der Waals surface area (Å²) in [5.41, 5.74) is 1.12. The topological polar surface area (TPSA) is 24.5 Å². The Hall–Kier alpha value is -0.550. The van der Waals surface area contributed by atoms with E-state index in [0.29, 0.717) is 17.7 Å². The predicted octanol–water partition coefficient (Wildman–Crippen LogP) is 4.20. The number of benzene rings is 1. The summed E-state index contributed by atoms with van der Waals surface area (Å²) in [6.45, 7) is 4.16. The fourth-order valence-electron chi connectivity index (χ4n) is 4.06. The summed E-state index contributed by atoms with van der Waals surface area (Å²) in [5, 5.41) is 3.42. The Bertz CT molecular complexity index is 474. The summed E-state index contributed by atoms with van der Waals surface area (Å²) in [5.74, 6) is 0.752. The smallest absolute Gasteiger partial charge is 0.165 e. The number of hydrogen-bond donors (Lipinski definition) is 1. The Morgan fingerprint density at radius 2 is 1.79 bits per heavy atom. The molecule has 1 aromatic rings. The molecular formula is C18H29Cl2FN2O. The van der Waals surface area contributed by atoms with Gasteiger partial charge in [0.25, 0.3) is 0 Å². The highest BCUT2D eigenvalue weighted by Crippen LogP contribution is 2.39. The lowest BCUT2D eigenvalue weighted by Gasteiger charge is -2.41. The minimum Gasteiger partial charge on any atom is -0.494 e. The predicted molar refractivity (Wildman–Crippen MR) is 101 cm³/mol. The SMILES string of the molecule is COc1ccc([C@@H](C2CCCCC2)N2CCNCC2)cc1F.Cl.Cl. The van der Waals surface area contributed by atoms with Crippen LogP contribution in [0.4, 0.5) is 4.39 Å². The molecule has 1 aliphatic heterocycles. The van der Waals surface area contributed by atoms with Crippen LogP contribution >= 0.6 is 24.8 Å². The third-order valence-electron chi connectivity index (χ3n) is 5.16. The van der Waals surface area contributed by atoms with Gasteiger partial charge in [0.15, 0.2) is 11.6 Å². The van der Waals surface area contributed by atoms with E-state index in [-0.39, 0.29) is 30.6 Å². The van der Waals surface area contributed by atoms with E-state index in [2.05, 4.69) is 16.3 Å². The van der Waals surface area contributed by atoms with Crippen LogP contribution in [0.15, 0.2) is 18.2 Å². The van der Waals surface area contributed by atoms with Crippen molar-refractivity contribution in [2.75, 3.05) is 33.3 Å². The molecule has 6 heteroatoms. The van der Waals surface area contributed by atoms with Crippen molar-refractivity contribution in [1.82, 2.24) is 10.2 Å². The van der Waals surface area contributed by atoms with Crippen LogP contribution in [0.2, 0.25) is 0 Å². The molecule has 0 spiro atoms. The molecule has 0 aromatic heterocycles. The Kier molecular flexibility index (Phi) is 9.35. The molecular weight excluding hydrogens is 350 g/mol. The van der Waals surface area contributed by atoms with Crippen LogP contribution in [-0.4, -0.2) is 38.2 Å². The molecule has 2 aliphatic rings. The van der Waals surface area contributed by atoms with Crippen molar-refractivity contribution in [3.63, 3.8) is 0 Å². The lowest BCUT2D eigenvalue weighted by molar-refractivity contribution is 0.103. The molecule has 1 aliphatic carbocycles. The van der Waals surface area contributed by atoms with Crippen molar-refractivity contribution in [2.24, 2.45) is 5.92 Å². The Labute approximate surface area is 157 Å². The van der Waals surface area contributed by atoms with Gasteiger partial charge in [-0.3, -0.25) is 4.90 Å². The van der Waals surface area contributed by atoms with Crippen molar-refractivity contribution in [2.45, 2.75) is 38.1 Å². The van der Waals surface area contributed by atoms with E-state index >= 15 is 0 Å². The van der Waals surface area contributed by atoms with Gasteiger partial charge in [-0.15, -0.1) is 24.8 Å². The summed E-state index contributed by atoms with van der Waals surface area (Å²) in [6, 6.07) is 5.88. The quantitative estimate of drug-likeness (QED) is 0.849. The van der Waals surface area contributed by atoms with Crippen LogP contribution < -0.4 is 10.1 Å². The first-order chi connectivity index (χ1) is 10.8. The molecule has 0 amide bonds. The lowest BCUT2D eigenvalue weighted by Crippen LogP contribution is -2.47. The normalized spacial score (nSPS) is 20.6. The molecule has 1 aromatic carbocycles. The van der Waals surface area contributed by atoms with Crippen molar-refractivity contribution in [1.29, 1.82) is 0 Å². The third-order valence-corrected chi connectivity index (χ3v) is 5.16. The maximum atomic E-state index is 14.2. The monoisotopic (exact) mass is 378 g/mol. The maximum Gasteiger partial charge on any atom is 0.165 e. The van der Waals surface area contributed by atoms with E-state index in [1.165, 1.54) is 39.2 Å². The molecule has 3 rings (SSSR count). The zero-order valence-corrected chi connectivity index (χ0v) is 15.9. The summed E-state index contributed by atoms with van der Waals surface area (Å²) in [4.78, 5) is 2.55. The van der Waals surface area contributed by atoms with Gasteiger partial charge in [-0.05, 0) is 36.5 Å². The second-order valence-corrected chi connectivity index (χ2v) is 6.52. The van der Waals surface area contributed by atoms with Gasteiger partial charge in [0.1, 0.15) is 0 Å². The zero-order valence-electron chi connectivity index (χ0n) is 14.3. The van der Waals surface area contributed by atoms with E-state index < -0.39 is 0 Å². The van der Waals surface area contributed by atoms with Crippen LogP contribution in [0.5, 0.6) is 5.75 Å². The van der Waals surface area contributed by atoms with Gasteiger partial charge in [0, 0.05) is 32.2 Å². The van der Waals surface area contributed by atoms with Crippen molar-refractivity contribution in [3.05, 3.63) is 29.6 Å². The average molecular weight is 379 g/mol. The van der Waals surface area contributed by atoms with Crippen LogP contribution in [0.3, 0.4) is 0 Å². The van der Waals surface area contributed by atoms with Gasteiger partial charge in [0.2, 0.25) is 0 Å². The number of piperazine rings is 1. The molecule has 1 saturated carbocycles. The van der Waals surface area contributed by atoms with Crippen LogP contribution in [0, 0.1) is 11.7 Å². The van der Waals surface area contributed by atoms with E-state index in [0.717, 1.165) is 31.7 Å². The summed E-state index contributed by atoms with van der Waals surface area (Å²) in [6.07, 6.45) is 6.50. The van der Waals surface area contributed by atoms with Gasteiger partial charge in [-0.2, -0.15) is 0 Å². The first-order valence-electron chi connectivity index (χ1n) is 8.58. The fourth-order valence-corrected chi connectivity index (χ4v) is 4.06. The molecule has 1 N–H and O–H groups in total. The highest BCUT2D eigenvalue weighted by atomic mass is 35.5. The molecule has 24 heavy (non-hydrogen) atoms. The molecule has 0 unspecified atom stereocenters. The fraction of sp³-hybridized carbons (Fsp3) is 0.667. The van der Waals surface area contributed by atoms with E-state index in [1.807, 2.05) is 0 Å². The van der Waals surface area contributed by atoms with Crippen molar-refractivity contribution >= 4 is 24.8 Å². The number of nitrogens with zero attached hydrogens (tertiary/aromatic N) is 1. The first kappa shape index (κ1) is 21.5. The second-order valence-electron chi connectivity index (χ2n) is 6.52. The minimum atomic E-state index is -0.240. The number of ether oxygens (including phenoxy) is 1. The standard InChI is InChI=1S/C18H27FN2O.2ClH/c1-22-17-8-7-15(13-16(17)19)18(14-5-3-2-4-6-14)21-11-9-20-10-12-21;;/h7-8,13-14,18,20H,2-6,9-12H2,1H3;2*1H/t18-;;/m1../s1. The van der Waals surface area contributed by atoms with Crippen LogP contribution in [0.25, 0.3) is 0 Å². The molecule has 138 valence electrons. The van der Waals surface area contributed by atoms with Gasteiger partial charge in [-0.1, -0.05) is 25.3 Å². The molecule has 3 nitrogen and oxygen atoms in total. The van der Waals surface area contributed by atoms with E-state index in [4.69, 9.17) is 4.74 Å². The first-order valence-corrected chi connectivity index (χ1v) is 8.58. The molecule has 2 fully saturated rings. The Morgan fingerprint density at radius 1 is 1.12 bits per heavy atom. The molecule has 1 atom stereocenters. The van der Waals surface area contributed by atoms with Gasteiger partial charge >= 0.3 is 0 Å². The molecule has 1 saturated heterocycles. The number of methoxy groups -OCH3 is 1. The lowest BCUT2D eigenvalue weighted by atomic mass is 9.80. The summed E-state index contributed by atoms with van der Waals surface area (Å²) >= 11 is 0. The average Bonchev–Trinajstić information content (AvgIpc) is 2.57. The van der Waals surface area contributed by atoms with Crippen LogP contribution in [0.1, 0.15) is 43.7 Å². The number of halogens is 3.